The first kappa shape index (κ1) is 10.2. The standard InChI is InChI=1S/C11H17N3O/c1-2-14-8-9(7-12-14)11(15)13-10-5-3-4-6-10/h7-8,10H,2-6H2,1H3,(H,13,15). The molecule has 1 aromatic rings. The Morgan fingerprint density at radius 1 is 1.60 bits per heavy atom. The fourth-order valence-electron chi connectivity index (χ4n) is 1.99. The van der Waals surface area contributed by atoms with Crippen LogP contribution in [0.5, 0.6) is 0 Å². The van der Waals surface area contributed by atoms with E-state index < -0.39 is 0 Å². The van der Waals surface area contributed by atoms with Gasteiger partial charge < -0.3 is 5.32 Å². The van der Waals surface area contributed by atoms with Gasteiger partial charge in [-0.2, -0.15) is 5.10 Å². The van der Waals surface area contributed by atoms with Gasteiger partial charge in [0.2, 0.25) is 0 Å². The molecule has 82 valence electrons. The van der Waals surface area contributed by atoms with E-state index in [0.717, 1.165) is 19.4 Å². The minimum Gasteiger partial charge on any atom is -0.349 e. The van der Waals surface area contributed by atoms with Gasteiger partial charge in [0.05, 0.1) is 11.8 Å². The SMILES string of the molecule is CCn1cc(C(=O)NC2CCCC2)cn1. The zero-order chi connectivity index (χ0) is 10.7. The smallest absolute Gasteiger partial charge is 0.254 e. The molecule has 0 atom stereocenters. The molecule has 0 spiro atoms. The van der Waals surface area contributed by atoms with Crippen LogP contribution in [0, 0.1) is 0 Å². The Kier molecular flexibility index (Phi) is 3.04. The second-order valence-corrected chi connectivity index (χ2v) is 4.04. The van der Waals surface area contributed by atoms with Gasteiger partial charge in [0.1, 0.15) is 0 Å². The Balaban J connectivity index is 1.94. The number of nitrogens with one attached hydrogen (secondary N) is 1. The number of rotatable bonds is 3. The Bertz CT molecular complexity index is 339. The molecule has 1 saturated carbocycles. The third-order valence-electron chi connectivity index (χ3n) is 2.91. The van der Waals surface area contributed by atoms with Crippen LogP contribution < -0.4 is 5.32 Å². The summed E-state index contributed by atoms with van der Waals surface area (Å²) < 4.78 is 1.77. The molecule has 2 rings (SSSR count). The van der Waals surface area contributed by atoms with Crippen LogP contribution in [0.1, 0.15) is 43.0 Å². The van der Waals surface area contributed by atoms with E-state index in [2.05, 4.69) is 10.4 Å². The maximum atomic E-state index is 11.8. The van der Waals surface area contributed by atoms with E-state index in [0.29, 0.717) is 11.6 Å². The number of carbonyl (C=O) groups is 1. The van der Waals surface area contributed by atoms with Crippen LogP contribution in [-0.4, -0.2) is 21.7 Å². The maximum absolute atomic E-state index is 11.8. The van der Waals surface area contributed by atoms with E-state index in [1.165, 1.54) is 12.8 Å². The molecule has 1 aromatic heterocycles. The molecule has 1 fully saturated rings. The van der Waals surface area contributed by atoms with E-state index >= 15 is 0 Å². The van der Waals surface area contributed by atoms with Gasteiger partial charge in [-0.3, -0.25) is 9.48 Å². The molecule has 0 aliphatic heterocycles. The summed E-state index contributed by atoms with van der Waals surface area (Å²) in [7, 11) is 0. The van der Waals surface area contributed by atoms with Crippen molar-refractivity contribution in [1.29, 1.82) is 0 Å². The first-order chi connectivity index (χ1) is 7.29. The monoisotopic (exact) mass is 207 g/mol. The lowest BCUT2D eigenvalue weighted by atomic mass is 10.2. The van der Waals surface area contributed by atoms with Crippen molar-refractivity contribution in [3.63, 3.8) is 0 Å². The van der Waals surface area contributed by atoms with E-state index in [9.17, 15) is 4.79 Å². The number of aromatic nitrogens is 2. The molecule has 0 saturated heterocycles. The second kappa shape index (κ2) is 4.47. The van der Waals surface area contributed by atoms with E-state index in [1.807, 2.05) is 6.92 Å². The summed E-state index contributed by atoms with van der Waals surface area (Å²) in [6, 6.07) is 0.377. The molecule has 15 heavy (non-hydrogen) atoms. The predicted octanol–water partition coefficient (Wildman–Crippen LogP) is 1.58. The molecule has 1 N–H and O–H groups in total. The lowest BCUT2D eigenvalue weighted by Crippen LogP contribution is -2.32. The van der Waals surface area contributed by atoms with Crippen LogP contribution in [-0.2, 0) is 6.54 Å². The second-order valence-electron chi connectivity index (χ2n) is 4.04. The molecule has 1 heterocycles. The van der Waals surface area contributed by atoms with E-state index in [4.69, 9.17) is 0 Å². The van der Waals surface area contributed by atoms with Crippen molar-refractivity contribution >= 4 is 5.91 Å². The van der Waals surface area contributed by atoms with Gasteiger partial charge in [-0.15, -0.1) is 0 Å². The highest BCUT2D eigenvalue weighted by Gasteiger charge is 2.18. The largest absolute Gasteiger partial charge is 0.349 e. The lowest BCUT2D eigenvalue weighted by molar-refractivity contribution is 0.0938. The van der Waals surface area contributed by atoms with Gasteiger partial charge in [0.15, 0.2) is 0 Å². The number of hydrogen-bond donors (Lipinski definition) is 1. The summed E-state index contributed by atoms with van der Waals surface area (Å²) in [6.45, 7) is 2.81. The third kappa shape index (κ3) is 2.37. The molecule has 0 unspecified atom stereocenters. The fraction of sp³-hybridized carbons (Fsp3) is 0.636. The highest BCUT2D eigenvalue weighted by atomic mass is 16.1. The van der Waals surface area contributed by atoms with Crippen molar-refractivity contribution in [1.82, 2.24) is 15.1 Å². The van der Waals surface area contributed by atoms with Crippen LogP contribution in [0.4, 0.5) is 0 Å². The van der Waals surface area contributed by atoms with Crippen molar-refractivity contribution in [2.24, 2.45) is 0 Å². The van der Waals surface area contributed by atoms with Gasteiger partial charge in [-0.1, -0.05) is 12.8 Å². The molecule has 4 heteroatoms. The van der Waals surface area contributed by atoms with Gasteiger partial charge in [-0.25, -0.2) is 0 Å². The highest BCUT2D eigenvalue weighted by Crippen LogP contribution is 2.17. The molecule has 0 radical (unpaired) electrons. The predicted molar refractivity (Wildman–Crippen MR) is 57.6 cm³/mol. The third-order valence-corrected chi connectivity index (χ3v) is 2.91. The topological polar surface area (TPSA) is 46.9 Å². The molecule has 0 bridgehead atoms. The average Bonchev–Trinajstić information content (AvgIpc) is 2.86. The summed E-state index contributed by atoms with van der Waals surface area (Å²) in [6.07, 6.45) is 8.14. The molecule has 0 aromatic carbocycles. The molecular weight excluding hydrogens is 190 g/mol. The molecule has 1 aliphatic carbocycles. The number of nitrogens with zero attached hydrogens (tertiary/aromatic N) is 2. The Hall–Kier alpha value is -1.32. The van der Waals surface area contributed by atoms with Crippen LogP contribution >= 0.6 is 0 Å². The highest BCUT2D eigenvalue weighted by molar-refractivity contribution is 5.93. The number of carbonyl (C=O) groups excluding carboxylic acids is 1. The van der Waals surface area contributed by atoms with Gasteiger partial charge in [-0.05, 0) is 19.8 Å². The summed E-state index contributed by atoms with van der Waals surface area (Å²) in [4.78, 5) is 11.8. The Labute approximate surface area is 89.7 Å². The number of hydrogen-bond acceptors (Lipinski definition) is 2. The lowest BCUT2D eigenvalue weighted by Gasteiger charge is -2.10. The van der Waals surface area contributed by atoms with Crippen LogP contribution in [0.2, 0.25) is 0 Å². The first-order valence-electron chi connectivity index (χ1n) is 5.63. The Morgan fingerprint density at radius 3 is 2.93 bits per heavy atom. The van der Waals surface area contributed by atoms with E-state index in [1.54, 1.807) is 17.1 Å². The van der Waals surface area contributed by atoms with Crippen LogP contribution in [0.15, 0.2) is 12.4 Å². The van der Waals surface area contributed by atoms with Crippen molar-refractivity contribution in [2.45, 2.75) is 45.2 Å². The zero-order valence-electron chi connectivity index (χ0n) is 9.07. The van der Waals surface area contributed by atoms with Crippen LogP contribution in [0.3, 0.4) is 0 Å². The van der Waals surface area contributed by atoms with Crippen molar-refractivity contribution in [3.05, 3.63) is 18.0 Å². The molecule has 4 nitrogen and oxygen atoms in total. The van der Waals surface area contributed by atoms with Crippen molar-refractivity contribution in [2.75, 3.05) is 0 Å². The summed E-state index contributed by atoms with van der Waals surface area (Å²) in [5.74, 6) is 0.0154. The quantitative estimate of drug-likeness (QED) is 0.818. The fourth-order valence-corrected chi connectivity index (χ4v) is 1.99. The first-order valence-corrected chi connectivity index (χ1v) is 5.63. The number of amides is 1. The summed E-state index contributed by atoms with van der Waals surface area (Å²) in [5.41, 5.74) is 0.670. The Morgan fingerprint density at radius 2 is 2.33 bits per heavy atom. The van der Waals surface area contributed by atoms with Gasteiger partial charge >= 0.3 is 0 Å². The summed E-state index contributed by atoms with van der Waals surface area (Å²) >= 11 is 0. The molecule has 1 aliphatic rings. The average molecular weight is 207 g/mol. The van der Waals surface area contributed by atoms with Gasteiger partial charge in [0.25, 0.3) is 5.91 Å². The molecular formula is C11H17N3O. The number of aryl methyl sites for hydroxylation is 1. The summed E-state index contributed by atoms with van der Waals surface area (Å²) in [5, 5.41) is 7.13. The van der Waals surface area contributed by atoms with Crippen molar-refractivity contribution in [3.8, 4) is 0 Å². The minimum atomic E-state index is 0.0154. The van der Waals surface area contributed by atoms with E-state index in [-0.39, 0.29) is 5.91 Å². The van der Waals surface area contributed by atoms with Crippen molar-refractivity contribution < 1.29 is 4.79 Å². The minimum absolute atomic E-state index is 0.0154. The maximum Gasteiger partial charge on any atom is 0.254 e. The molecule has 1 amide bonds. The van der Waals surface area contributed by atoms with Gasteiger partial charge in [0, 0.05) is 18.8 Å². The normalized spacial score (nSPS) is 16.9. The van der Waals surface area contributed by atoms with Crippen LogP contribution in [0.25, 0.3) is 0 Å². The zero-order valence-corrected chi connectivity index (χ0v) is 9.07.